The van der Waals surface area contributed by atoms with Crippen molar-refractivity contribution in [2.45, 2.75) is 38.2 Å². The predicted octanol–water partition coefficient (Wildman–Crippen LogP) is 2.42. The van der Waals surface area contributed by atoms with E-state index in [1.54, 1.807) is 0 Å². The SMILES string of the molecule is Cc1cc(C)cc(CS(=O)C(C)(C)C(=O)O)c1. The molecule has 0 fully saturated rings. The highest BCUT2D eigenvalue weighted by Gasteiger charge is 2.34. The average Bonchev–Trinajstić information content (AvgIpc) is 2.15. The van der Waals surface area contributed by atoms with Crippen LogP contribution in [0.5, 0.6) is 0 Å². The molecule has 94 valence electrons. The van der Waals surface area contributed by atoms with Gasteiger partial charge in [-0.2, -0.15) is 0 Å². The number of benzene rings is 1. The molecule has 1 rings (SSSR count). The summed E-state index contributed by atoms with van der Waals surface area (Å²) in [6, 6.07) is 5.93. The molecule has 0 aliphatic heterocycles. The maximum absolute atomic E-state index is 12.0. The van der Waals surface area contributed by atoms with E-state index < -0.39 is 21.5 Å². The van der Waals surface area contributed by atoms with Crippen LogP contribution in [0, 0.1) is 13.8 Å². The summed E-state index contributed by atoms with van der Waals surface area (Å²) in [6.45, 7) is 6.94. The van der Waals surface area contributed by atoms with Crippen molar-refractivity contribution in [2.24, 2.45) is 0 Å². The van der Waals surface area contributed by atoms with Gasteiger partial charge in [0.25, 0.3) is 0 Å². The Morgan fingerprint density at radius 2 is 1.71 bits per heavy atom. The summed E-state index contributed by atoms with van der Waals surface area (Å²) in [7, 11) is -1.43. The number of hydrogen-bond donors (Lipinski definition) is 1. The summed E-state index contributed by atoms with van der Waals surface area (Å²) in [5.41, 5.74) is 3.13. The van der Waals surface area contributed by atoms with E-state index in [-0.39, 0.29) is 5.75 Å². The van der Waals surface area contributed by atoms with Crippen molar-refractivity contribution in [3.63, 3.8) is 0 Å². The minimum Gasteiger partial charge on any atom is -0.480 e. The van der Waals surface area contributed by atoms with E-state index in [1.807, 2.05) is 32.0 Å². The summed E-state index contributed by atoms with van der Waals surface area (Å²) in [5.74, 6) is -0.748. The Hall–Kier alpha value is -1.16. The molecule has 1 atom stereocenters. The third kappa shape index (κ3) is 3.40. The van der Waals surface area contributed by atoms with E-state index in [0.717, 1.165) is 16.7 Å². The molecule has 0 saturated heterocycles. The Morgan fingerprint density at radius 1 is 1.24 bits per heavy atom. The van der Waals surface area contributed by atoms with Crippen LogP contribution in [0.3, 0.4) is 0 Å². The Balaban J connectivity index is 2.92. The van der Waals surface area contributed by atoms with Gasteiger partial charge in [0, 0.05) is 16.6 Å². The van der Waals surface area contributed by atoms with E-state index in [0.29, 0.717) is 0 Å². The monoisotopic (exact) mass is 254 g/mol. The van der Waals surface area contributed by atoms with E-state index >= 15 is 0 Å². The van der Waals surface area contributed by atoms with Gasteiger partial charge in [-0.05, 0) is 33.3 Å². The van der Waals surface area contributed by atoms with Crippen molar-refractivity contribution < 1.29 is 14.1 Å². The fourth-order valence-electron chi connectivity index (χ4n) is 1.58. The molecule has 0 radical (unpaired) electrons. The zero-order valence-electron chi connectivity index (χ0n) is 10.6. The highest BCUT2D eigenvalue weighted by molar-refractivity contribution is 7.86. The zero-order valence-corrected chi connectivity index (χ0v) is 11.4. The Kier molecular flexibility index (Phi) is 4.09. The Bertz CT molecular complexity index is 443. The van der Waals surface area contributed by atoms with Crippen LogP contribution < -0.4 is 0 Å². The minimum atomic E-state index is -1.43. The molecular weight excluding hydrogens is 236 g/mol. The van der Waals surface area contributed by atoms with Gasteiger partial charge in [0.1, 0.15) is 4.75 Å². The summed E-state index contributed by atoms with van der Waals surface area (Å²) in [5, 5.41) is 9.01. The first-order valence-electron chi connectivity index (χ1n) is 5.42. The molecular formula is C13H18O3S. The first-order valence-corrected chi connectivity index (χ1v) is 6.74. The van der Waals surface area contributed by atoms with Crippen LogP contribution in [-0.2, 0) is 21.3 Å². The van der Waals surface area contributed by atoms with E-state index in [9.17, 15) is 9.00 Å². The number of aliphatic carboxylic acids is 1. The molecule has 1 aromatic rings. The largest absolute Gasteiger partial charge is 0.480 e. The lowest BCUT2D eigenvalue weighted by molar-refractivity contribution is -0.139. The van der Waals surface area contributed by atoms with E-state index in [2.05, 4.69) is 0 Å². The third-order valence-corrected chi connectivity index (χ3v) is 4.57. The Labute approximate surface area is 104 Å². The van der Waals surface area contributed by atoms with Gasteiger partial charge in [-0.15, -0.1) is 0 Å². The van der Waals surface area contributed by atoms with Crippen molar-refractivity contribution >= 4 is 16.8 Å². The van der Waals surface area contributed by atoms with Gasteiger partial charge in [0.05, 0.1) is 0 Å². The molecule has 4 heteroatoms. The molecule has 17 heavy (non-hydrogen) atoms. The van der Waals surface area contributed by atoms with Gasteiger partial charge in [-0.25, -0.2) is 0 Å². The first-order chi connectivity index (χ1) is 7.73. The van der Waals surface area contributed by atoms with Crippen LogP contribution in [0.15, 0.2) is 18.2 Å². The van der Waals surface area contributed by atoms with Crippen molar-refractivity contribution in [1.29, 1.82) is 0 Å². The average molecular weight is 254 g/mol. The lowest BCUT2D eigenvalue weighted by Gasteiger charge is -2.18. The summed E-state index contributed by atoms with van der Waals surface area (Å²) in [6.07, 6.45) is 0. The number of carboxylic acids is 1. The molecule has 1 unspecified atom stereocenters. The molecule has 0 heterocycles. The van der Waals surface area contributed by atoms with E-state index in [4.69, 9.17) is 5.11 Å². The van der Waals surface area contributed by atoms with Gasteiger partial charge < -0.3 is 5.11 Å². The van der Waals surface area contributed by atoms with Gasteiger partial charge in [0.2, 0.25) is 0 Å². The normalized spacial score (nSPS) is 13.4. The summed E-state index contributed by atoms with van der Waals surface area (Å²) in [4.78, 5) is 11.0. The second-order valence-corrected chi connectivity index (χ2v) is 6.80. The topological polar surface area (TPSA) is 54.4 Å². The number of hydrogen-bond acceptors (Lipinski definition) is 2. The minimum absolute atomic E-state index is 0.280. The molecule has 0 bridgehead atoms. The zero-order chi connectivity index (χ0) is 13.2. The molecule has 0 aromatic heterocycles. The molecule has 0 aliphatic rings. The van der Waals surface area contributed by atoms with Gasteiger partial charge in [-0.1, -0.05) is 29.3 Å². The predicted molar refractivity (Wildman–Crippen MR) is 69.5 cm³/mol. The van der Waals surface area contributed by atoms with Crippen LogP contribution in [0.2, 0.25) is 0 Å². The fraction of sp³-hybridized carbons (Fsp3) is 0.462. The fourth-order valence-corrected chi connectivity index (χ4v) is 2.61. The quantitative estimate of drug-likeness (QED) is 0.897. The van der Waals surface area contributed by atoms with E-state index in [1.165, 1.54) is 13.8 Å². The highest BCUT2D eigenvalue weighted by Crippen LogP contribution is 2.19. The van der Waals surface area contributed by atoms with Crippen molar-refractivity contribution in [2.75, 3.05) is 0 Å². The number of rotatable bonds is 4. The van der Waals surface area contributed by atoms with Crippen molar-refractivity contribution in [3.8, 4) is 0 Å². The first kappa shape index (κ1) is 13.9. The number of carboxylic acid groups (broad SMARTS) is 1. The van der Waals surface area contributed by atoms with Crippen LogP contribution >= 0.6 is 0 Å². The summed E-state index contributed by atoms with van der Waals surface area (Å²) >= 11 is 0. The molecule has 0 saturated carbocycles. The second kappa shape index (κ2) is 5.00. The van der Waals surface area contributed by atoms with Gasteiger partial charge in [0.15, 0.2) is 0 Å². The molecule has 0 aliphatic carbocycles. The maximum atomic E-state index is 12.0. The van der Waals surface area contributed by atoms with Crippen LogP contribution in [0.1, 0.15) is 30.5 Å². The molecule has 0 spiro atoms. The highest BCUT2D eigenvalue weighted by atomic mass is 32.2. The molecule has 1 aromatic carbocycles. The van der Waals surface area contributed by atoms with Crippen LogP contribution in [-0.4, -0.2) is 20.0 Å². The van der Waals surface area contributed by atoms with Crippen molar-refractivity contribution in [1.82, 2.24) is 0 Å². The maximum Gasteiger partial charge on any atom is 0.321 e. The molecule has 1 N–H and O–H groups in total. The van der Waals surface area contributed by atoms with Crippen LogP contribution in [0.25, 0.3) is 0 Å². The standard InChI is InChI=1S/C13H18O3S/c1-9-5-10(2)7-11(6-9)8-17(16)13(3,4)12(14)15/h5-7H,8H2,1-4H3,(H,14,15). The summed E-state index contributed by atoms with van der Waals surface area (Å²) < 4.78 is 10.8. The van der Waals surface area contributed by atoms with Gasteiger partial charge >= 0.3 is 5.97 Å². The lowest BCUT2D eigenvalue weighted by atomic mass is 10.1. The van der Waals surface area contributed by atoms with Crippen LogP contribution in [0.4, 0.5) is 0 Å². The van der Waals surface area contributed by atoms with Gasteiger partial charge in [-0.3, -0.25) is 9.00 Å². The molecule has 0 amide bonds. The smallest absolute Gasteiger partial charge is 0.321 e. The second-order valence-electron chi connectivity index (χ2n) is 4.80. The molecule has 3 nitrogen and oxygen atoms in total. The number of aryl methyl sites for hydroxylation is 2. The number of carbonyl (C=O) groups is 1. The third-order valence-electron chi connectivity index (χ3n) is 2.66. The lowest BCUT2D eigenvalue weighted by Crippen LogP contribution is -2.37. The van der Waals surface area contributed by atoms with Crippen molar-refractivity contribution in [3.05, 3.63) is 34.9 Å². The Morgan fingerprint density at radius 3 is 2.12 bits per heavy atom.